The van der Waals surface area contributed by atoms with Crippen LogP contribution in [0.4, 0.5) is 0 Å². The number of carbonyl (C=O) groups is 3. The Hall–Kier alpha value is -3.66. The van der Waals surface area contributed by atoms with E-state index >= 15 is 0 Å². The van der Waals surface area contributed by atoms with Crippen LogP contribution in [0.2, 0.25) is 0 Å². The SMILES string of the molecule is Cc1cc(/C=C(\C#N)C(=O)OCC(=O)NC(=O)c2ccccc2)c(C)n1CCC(C)C. The summed E-state index contributed by atoms with van der Waals surface area (Å²) in [5.74, 6) is -1.72. The van der Waals surface area contributed by atoms with Gasteiger partial charge in [0, 0.05) is 23.5 Å². The molecule has 2 aromatic rings. The van der Waals surface area contributed by atoms with Gasteiger partial charge in [0.15, 0.2) is 6.61 Å². The zero-order valence-electron chi connectivity index (χ0n) is 18.3. The molecule has 31 heavy (non-hydrogen) atoms. The molecule has 1 aromatic carbocycles. The van der Waals surface area contributed by atoms with Crippen LogP contribution in [0.1, 0.15) is 47.6 Å². The molecule has 0 saturated carbocycles. The van der Waals surface area contributed by atoms with Crippen LogP contribution in [0.25, 0.3) is 6.08 Å². The summed E-state index contributed by atoms with van der Waals surface area (Å²) >= 11 is 0. The van der Waals surface area contributed by atoms with Gasteiger partial charge < -0.3 is 9.30 Å². The molecule has 0 atom stereocenters. The highest BCUT2D eigenvalue weighted by atomic mass is 16.5. The molecule has 0 aliphatic carbocycles. The fraction of sp³-hybridized carbons (Fsp3) is 0.333. The molecule has 0 aliphatic heterocycles. The number of hydrogen-bond acceptors (Lipinski definition) is 5. The van der Waals surface area contributed by atoms with E-state index < -0.39 is 24.4 Å². The number of carbonyl (C=O) groups excluding carboxylic acids is 3. The monoisotopic (exact) mass is 421 g/mol. The van der Waals surface area contributed by atoms with Crippen LogP contribution in [0, 0.1) is 31.1 Å². The number of aromatic nitrogens is 1. The summed E-state index contributed by atoms with van der Waals surface area (Å²) < 4.78 is 7.07. The number of esters is 1. The van der Waals surface area contributed by atoms with E-state index in [4.69, 9.17) is 4.74 Å². The van der Waals surface area contributed by atoms with Crippen molar-refractivity contribution >= 4 is 23.9 Å². The second-order valence-corrected chi connectivity index (χ2v) is 7.65. The Kier molecular flexibility index (Phi) is 8.33. The lowest BCUT2D eigenvalue weighted by Gasteiger charge is -2.11. The number of ether oxygens (including phenoxy) is 1. The lowest BCUT2D eigenvalue weighted by Crippen LogP contribution is -2.34. The molecule has 0 aliphatic rings. The highest BCUT2D eigenvalue weighted by Gasteiger charge is 2.17. The molecule has 7 nitrogen and oxygen atoms in total. The summed E-state index contributed by atoms with van der Waals surface area (Å²) in [7, 11) is 0. The number of nitrogens with one attached hydrogen (secondary N) is 1. The zero-order chi connectivity index (χ0) is 23.0. The molecule has 0 spiro atoms. The van der Waals surface area contributed by atoms with Gasteiger partial charge in [-0.15, -0.1) is 0 Å². The smallest absolute Gasteiger partial charge is 0.349 e. The van der Waals surface area contributed by atoms with Crippen LogP contribution in [0.15, 0.2) is 42.0 Å². The van der Waals surface area contributed by atoms with Crippen molar-refractivity contribution in [2.75, 3.05) is 6.61 Å². The summed E-state index contributed by atoms with van der Waals surface area (Å²) in [4.78, 5) is 36.1. The molecule has 0 fully saturated rings. The van der Waals surface area contributed by atoms with Crippen LogP contribution in [-0.2, 0) is 20.9 Å². The topological polar surface area (TPSA) is 101 Å². The number of aryl methyl sites for hydroxylation is 1. The van der Waals surface area contributed by atoms with Gasteiger partial charge in [0.25, 0.3) is 11.8 Å². The molecule has 7 heteroatoms. The molecule has 1 N–H and O–H groups in total. The molecule has 0 saturated heterocycles. The zero-order valence-corrected chi connectivity index (χ0v) is 18.3. The Labute approximate surface area is 182 Å². The Balaban J connectivity index is 2.01. The number of nitriles is 1. The highest BCUT2D eigenvalue weighted by Crippen LogP contribution is 2.20. The van der Waals surface area contributed by atoms with Gasteiger partial charge in [0.05, 0.1) is 0 Å². The third kappa shape index (κ3) is 6.68. The second kappa shape index (κ2) is 10.9. The molecule has 0 radical (unpaired) electrons. The van der Waals surface area contributed by atoms with Gasteiger partial charge >= 0.3 is 5.97 Å². The maximum Gasteiger partial charge on any atom is 0.349 e. The maximum absolute atomic E-state index is 12.3. The highest BCUT2D eigenvalue weighted by molar-refractivity contribution is 6.06. The Morgan fingerprint density at radius 2 is 1.87 bits per heavy atom. The first-order chi connectivity index (χ1) is 14.7. The van der Waals surface area contributed by atoms with Crippen molar-refractivity contribution in [3.05, 3.63) is 64.5 Å². The van der Waals surface area contributed by atoms with Gasteiger partial charge in [0.1, 0.15) is 11.6 Å². The van der Waals surface area contributed by atoms with Crippen LogP contribution in [0.3, 0.4) is 0 Å². The van der Waals surface area contributed by atoms with Crippen molar-refractivity contribution < 1.29 is 19.1 Å². The van der Waals surface area contributed by atoms with E-state index in [9.17, 15) is 19.6 Å². The average Bonchev–Trinajstić information content (AvgIpc) is 3.01. The number of nitrogens with zero attached hydrogens (tertiary/aromatic N) is 2. The number of amides is 2. The summed E-state index contributed by atoms with van der Waals surface area (Å²) in [6.07, 6.45) is 2.48. The fourth-order valence-electron chi connectivity index (χ4n) is 3.03. The lowest BCUT2D eigenvalue weighted by atomic mass is 10.1. The molecule has 162 valence electrons. The summed E-state index contributed by atoms with van der Waals surface area (Å²) in [6, 6.07) is 11.9. The standard InChI is InChI=1S/C24H27N3O4/c1-16(2)10-11-27-17(3)12-20(18(27)4)13-21(14-25)24(30)31-15-22(28)26-23(29)19-8-6-5-7-9-19/h5-9,12-13,16H,10-11,15H2,1-4H3,(H,26,28,29)/b21-13+. The number of hydrogen-bond donors (Lipinski definition) is 1. The van der Waals surface area contributed by atoms with Crippen LogP contribution >= 0.6 is 0 Å². The van der Waals surface area contributed by atoms with Crippen molar-refractivity contribution in [2.45, 2.75) is 40.7 Å². The van der Waals surface area contributed by atoms with Gasteiger partial charge in [-0.05, 0) is 56.0 Å². The molecular formula is C24H27N3O4. The van der Waals surface area contributed by atoms with E-state index in [1.807, 2.05) is 26.0 Å². The third-order valence-corrected chi connectivity index (χ3v) is 4.81. The van der Waals surface area contributed by atoms with Crippen LogP contribution in [0.5, 0.6) is 0 Å². The lowest BCUT2D eigenvalue weighted by molar-refractivity contribution is -0.144. The minimum Gasteiger partial charge on any atom is -0.451 e. The first-order valence-corrected chi connectivity index (χ1v) is 10.1. The molecule has 0 unspecified atom stereocenters. The Morgan fingerprint density at radius 3 is 2.48 bits per heavy atom. The molecule has 1 aromatic heterocycles. The van der Waals surface area contributed by atoms with E-state index in [0.717, 1.165) is 29.9 Å². The van der Waals surface area contributed by atoms with E-state index in [1.54, 1.807) is 30.3 Å². The predicted octanol–water partition coefficient (Wildman–Crippen LogP) is 3.56. The Bertz CT molecular complexity index is 1030. The van der Waals surface area contributed by atoms with Crippen molar-refractivity contribution in [3.8, 4) is 6.07 Å². The summed E-state index contributed by atoms with van der Waals surface area (Å²) in [5, 5.41) is 11.5. The summed E-state index contributed by atoms with van der Waals surface area (Å²) in [5.41, 5.74) is 2.83. The molecule has 0 bridgehead atoms. The van der Waals surface area contributed by atoms with Crippen molar-refractivity contribution in [2.24, 2.45) is 5.92 Å². The van der Waals surface area contributed by atoms with Gasteiger partial charge in [-0.1, -0.05) is 32.0 Å². The number of benzene rings is 1. The minimum absolute atomic E-state index is 0.216. The van der Waals surface area contributed by atoms with Gasteiger partial charge in [0.2, 0.25) is 0 Å². The minimum atomic E-state index is -0.920. The Morgan fingerprint density at radius 1 is 1.19 bits per heavy atom. The first-order valence-electron chi connectivity index (χ1n) is 10.1. The van der Waals surface area contributed by atoms with E-state index in [-0.39, 0.29) is 5.57 Å². The molecule has 2 amide bonds. The van der Waals surface area contributed by atoms with E-state index in [1.165, 1.54) is 6.08 Å². The van der Waals surface area contributed by atoms with Crippen LogP contribution in [-0.4, -0.2) is 29.0 Å². The second-order valence-electron chi connectivity index (χ2n) is 7.65. The fourth-order valence-corrected chi connectivity index (χ4v) is 3.03. The van der Waals surface area contributed by atoms with E-state index in [0.29, 0.717) is 11.5 Å². The normalized spacial score (nSPS) is 11.2. The van der Waals surface area contributed by atoms with Crippen molar-refractivity contribution in [1.82, 2.24) is 9.88 Å². The first kappa shape index (κ1) is 23.6. The van der Waals surface area contributed by atoms with Crippen molar-refractivity contribution in [1.29, 1.82) is 5.26 Å². The number of rotatable bonds is 8. The third-order valence-electron chi connectivity index (χ3n) is 4.81. The largest absolute Gasteiger partial charge is 0.451 e. The summed E-state index contributed by atoms with van der Waals surface area (Å²) in [6.45, 7) is 8.41. The molecule has 1 heterocycles. The average molecular weight is 421 g/mol. The van der Waals surface area contributed by atoms with E-state index in [2.05, 4.69) is 23.7 Å². The molecule has 2 rings (SSSR count). The van der Waals surface area contributed by atoms with Gasteiger partial charge in [-0.3, -0.25) is 14.9 Å². The number of imide groups is 1. The predicted molar refractivity (Wildman–Crippen MR) is 117 cm³/mol. The van der Waals surface area contributed by atoms with Gasteiger partial charge in [-0.2, -0.15) is 5.26 Å². The van der Waals surface area contributed by atoms with Crippen molar-refractivity contribution in [3.63, 3.8) is 0 Å². The van der Waals surface area contributed by atoms with Crippen LogP contribution < -0.4 is 5.32 Å². The maximum atomic E-state index is 12.3. The van der Waals surface area contributed by atoms with Gasteiger partial charge in [-0.25, -0.2) is 4.79 Å². The quantitative estimate of drug-likeness (QED) is 0.399. The molecular weight excluding hydrogens is 394 g/mol.